The summed E-state index contributed by atoms with van der Waals surface area (Å²) in [5.74, 6) is -1.10. The number of esters is 1. The predicted octanol–water partition coefficient (Wildman–Crippen LogP) is -1.11. The Morgan fingerprint density at radius 1 is 1.38 bits per heavy atom. The summed E-state index contributed by atoms with van der Waals surface area (Å²) < 4.78 is 4.76. The highest BCUT2D eigenvalue weighted by Crippen LogP contribution is 2.18. The lowest BCUT2D eigenvalue weighted by molar-refractivity contribution is -0.151. The van der Waals surface area contributed by atoms with Gasteiger partial charge in [-0.05, 0) is 19.8 Å². The maximum Gasteiger partial charge on any atom is 0.332 e. The number of carbonyl (C=O) groups excluding carboxylic acids is 3. The fraction of sp³-hybridized carbons (Fsp3) is 0.769. The van der Waals surface area contributed by atoms with Crippen LogP contribution in [0.3, 0.4) is 0 Å². The van der Waals surface area contributed by atoms with Gasteiger partial charge in [0.05, 0.1) is 6.61 Å². The molecule has 3 N–H and O–H groups in total. The number of hydrogen-bond donors (Lipinski definition) is 2. The Hall–Kier alpha value is -1.83. The summed E-state index contributed by atoms with van der Waals surface area (Å²) in [5.41, 5.74) is 5.62. The molecular formula is C13H22N4O4. The molecule has 8 nitrogen and oxygen atoms in total. The molecule has 3 amide bonds. The first kappa shape index (κ1) is 15.6. The minimum Gasteiger partial charge on any atom is -0.464 e. The highest BCUT2D eigenvalue weighted by Gasteiger charge is 2.34. The van der Waals surface area contributed by atoms with Crippen molar-refractivity contribution in [3.05, 3.63) is 0 Å². The molecule has 2 aliphatic heterocycles. The molecule has 8 heteroatoms. The third kappa shape index (κ3) is 3.44. The van der Waals surface area contributed by atoms with Crippen LogP contribution < -0.4 is 11.1 Å². The second kappa shape index (κ2) is 6.75. The first-order valence-electron chi connectivity index (χ1n) is 7.30. The van der Waals surface area contributed by atoms with Gasteiger partial charge in [0.15, 0.2) is 6.04 Å². The molecule has 1 atom stereocenters. The van der Waals surface area contributed by atoms with Gasteiger partial charge in [-0.3, -0.25) is 4.79 Å². The number of hydrogen-bond acceptors (Lipinski definition) is 5. The highest BCUT2D eigenvalue weighted by molar-refractivity contribution is 6.01. The number of amides is 3. The number of nitrogens with one attached hydrogen (secondary N) is 1. The molecule has 21 heavy (non-hydrogen) atoms. The topological polar surface area (TPSA) is 105 Å². The van der Waals surface area contributed by atoms with Crippen LogP contribution in [-0.4, -0.2) is 72.6 Å². The summed E-state index contributed by atoms with van der Waals surface area (Å²) in [6.45, 7) is 4.25. The van der Waals surface area contributed by atoms with Gasteiger partial charge < -0.3 is 25.6 Å². The molecule has 0 aromatic carbocycles. The zero-order valence-corrected chi connectivity index (χ0v) is 12.2. The predicted molar refractivity (Wildman–Crippen MR) is 74.3 cm³/mol. The van der Waals surface area contributed by atoms with Gasteiger partial charge in [-0.1, -0.05) is 0 Å². The lowest BCUT2D eigenvalue weighted by Gasteiger charge is -2.36. The number of ether oxygens (including phenoxy) is 1. The van der Waals surface area contributed by atoms with Gasteiger partial charge in [0.2, 0.25) is 0 Å². The van der Waals surface area contributed by atoms with Crippen LogP contribution in [0, 0.1) is 0 Å². The van der Waals surface area contributed by atoms with Crippen molar-refractivity contribution in [3.8, 4) is 0 Å². The molecule has 0 spiro atoms. The van der Waals surface area contributed by atoms with E-state index in [2.05, 4.69) is 5.32 Å². The van der Waals surface area contributed by atoms with Crippen molar-refractivity contribution >= 4 is 17.9 Å². The monoisotopic (exact) mass is 298 g/mol. The van der Waals surface area contributed by atoms with E-state index in [9.17, 15) is 14.4 Å². The van der Waals surface area contributed by atoms with Crippen molar-refractivity contribution < 1.29 is 19.1 Å². The average Bonchev–Trinajstić information content (AvgIpc) is 2.92. The third-order valence-electron chi connectivity index (χ3n) is 3.91. The van der Waals surface area contributed by atoms with E-state index in [4.69, 9.17) is 10.5 Å². The van der Waals surface area contributed by atoms with Crippen LogP contribution in [0.25, 0.3) is 0 Å². The Morgan fingerprint density at radius 2 is 2.05 bits per heavy atom. The molecule has 2 rings (SSSR count). The van der Waals surface area contributed by atoms with Gasteiger partial charge in [0.25, 0.3) is 5.91 Å². The van der Waals surface area contributed by atoms with Crippen molar-refractivity contribution in [2.75, 3.05) is 32.8 Å². The van der Waals surface area contributed by atoms with Crippen LogP contribution in [-0.2, 0) is 14.3 Å². The largest absolute Gasteiger partial charge is 0.464 e. The van der Waals surface area contributed by atoms with E-state index >= 15 is 0 Å². The summed E-state index contributed by atoms with van der Waals surface area (Å²) in [6, 6.07) is -1.14. The van der Waals surface area contributed by atoms with E-state index < -0.39 is 17.9 Å². The maximum atomic E-state index is 12.1. The molecule has 2 fully saturated rings. The van der Waals surface area contributed by atoms with E-state index in [1.165, 1.54) is 0 Å². The normalized spacial score (nSPS) is 21.1. The molecule has 0 aromatic heterocycles. The summed E-state index contributed by atoms with van der Waals surface area (Å²) >= 11 is 0. The minimum atomic E-state index is -1.25. The first-order valence-corrected chi connectivity index (χ1v) is 7.30. The van der Waals surface area contributed by atoms with Gasteiger partial charge >= 0.3 is 12.0 Å². The van der Waals surface area contributed by atoms with E-state index in [1.54, 1.807) is 11.8 Å². The van der Waals surface area contributed by atoms with Crippen LogP contribution in [0.5, 0.6) is 0 Å². The van der Waals surface area contributed by atoms with Gasteiger partial charge in [-0.15, -0.1) is 0 Å². The van der Waals surface area contributed by atoms with Crippen LogP contribution >= 0.6 is 0 Å². The number of rotatable bonds is 4. The summed E-state index contributed by atoms with van der Waals surface area (Å²) in [5, 5.41) is 2.77. The molecule has 0 saturated carbocycles. The Balaban J connectivity index is 1.84. The Morgan fingerprint density at radius 3 is 2.57 bits per heavy atom. The maximum absolute atomic E-state index is 12.1. The molecule has 1 unspecified atom stereocenters. The molecule has 0 aromatic rings. The Bertz CT molecular complexity index is 420. The van der Waals surface area contributed by atoms with Crippen molar-refractivity contribution in [3.63, 3.8) is 0 Å². The van der Waals surface area contributed by atoms with Crippen molar-refractivity contribution in [1.29, 1.82) is 0 Å². The fourth-order valence-corrected chi connectivity index (χ4v) is 2.76. The number of carbonyl (C=O) groups is 3. The smallest absolute Gasteiger partial charge is 0.332 e. The lowest BCUT2D eigenvalue weighted by Crippen LogP contribution is -2.53. The number of urea groups is 1. The average molecular weight is 298 g/mol. The van der Waals surface area contributed by atoms with Crippen LogP contribution in [0.2, 0.25) is 0 Å². The van der Waals surface area contributed by atoms with Crippen molar-refractivity contribution in [2.45, 2.75) is 31.8 Å². The van der Waals surface area contributed by atoms with E-state index in [0.717, 1.165) is 0 Å². The van der Waals surface area contributed by atoms with E-state index in [-0.39, 0.29) is 18.7 Å². The zero-order valence-electron chi connectivity index (χ0n) is 12.2. The van der Waals surface area contributed by atoms with Gasteiger partial charge in [-0.2, -0.15) is 0 Å². The first-order chi connectivity index (χ1) is 10.0. The van der Waals surface area contributed by atoms with Gasteiger partial charge in [0, 0.05) is 32.2 Å². The van der Waals surface area contributed by atoms with E-state index in [0.29, 0.717) is 39.0 Å². The molecule has 2 saturated heterocycles. The summed E-state index contributed by atoms with van der Waals surface area (Å²) in [4.78, 5) is 38.6. The summed E-state index contributed by atoms with van der Waals surface area (Å²) in [6.07, 6.45) is 1.41. The molecule has 2 heterocycles. The quantitative estimate of drug-likeness (QED) is 0.506. The molecule has 0 aliphatic carbocycles. The molecule has 118 valence electrons. The number of nitrogens with two attached hydrogens (primary N) is 1. The minimum absolute atomic E-state index is 0.0389. The lowest BCUT2D eigenvalue weighted by atomic mass is 10.0. The second-order valence-corrected chi connectivity index (χ2v) is 5.21. The van der Waals surface area contributed by atoms with Crippen LogP contribution in [0.15, 0.2) is 0 Å². The Kier molecular flexibility index (Phi) is 5.00. The van der Waals surface area contributed by atoms with Crippen LogP contribution in [0.1, 0.15) is 19.8 Å². The zero-order chi connectivity index (χ0) is 15.4. The third-order valence-corrected chi connectivity index (χ3v) is 3.91. The molecule has 0 bridgehead atoms. The highest BCUT2D eigenvalue weighted by atomic mass is 16.5. The Labute approximate surface area is 123 Å². The van der Waals surface area contributed by atoms with E-state index in [1.807, 2.05) is 4.90 Å². The van der Waals surface area contributed by atoms with Crippen molar-refractivity contribution in [1.82, 2.24) is 15.1 Å². The van der Waals surface area contributed by atoms with Gasteiger partial charge in [0.1, 0.15) is 0 Å². The molecule has 0 radical (unpaired) electrons. The summed E-state index contributed by atoms with van der Waals surface area (Å²) in [7, 11) is 0. The van der Waals surface area contributed by atoms with Gasteiger partial charge in [-0.25, -0.2) is 9.59 Å². The van der Waals surface area contributed by atoms with Crippen molar-refractivity contribution in [2.24, 2.45) is 5.73 Å². The fourth-order valence-electron chi connectivity index (χ4n) is 2.76. The standard InChI is InChI=1S/C13H22N4O4/c1-2-21-12(19)10(14)11(18)16-6-3-9(4-7-16)17-8-5-15-13(17)20/h9-10H,2-8,14H2,1H3,(H,15,20). The van der Waals surface area contributed by atoms with Crippen LogP contribution in [0.4, 0.5) is 4.79 Å². The number of likely N-dealkylation sites (tertiary alicyclic amines) is 1. The second-order valence-electron chi connectivity index (χ2n) is 5.21. The SMILES string of the molecule is CCOC(=O)C(N)C(=O)N1CCC(N2CCNC2=O)CC1. The molecular weight excluding hydrogens is 276 g/mol. The number of piperidine rings is 1. The number of nitrogens with zero attached hydrogens (tertiary/aromatic N) is 2. The molecule has 2 aliphatic rings.